The predicted molar refractivity (Wildman–Crippen MR) is 120 cm³/mol. The maximum atomic E-state index is 12.9. The number of hydrogen-bond donors (Lipinski definition) is 0. The number of pyridine rings is 1. The van der Waals surface area contributed by atoms with Gasteiger partial charge in [-0.3, -0.25) is 0 Å². The molecular formula is C26H31NO2. The summed E-state index contributed by atoms with van der Waals surface area (Å²) >= 11 is 0. The van der Waals surface area contributed by atoms with Crippen molar-refractivity contribution in [2.75, 3.05) is 6.61 Å². The fourth-order valence-electron chi connectivity index (χ4n) is 3.51. The molecule has 0 fully saturated rings. The maximum Gasteiger partial charge on any atom is 0.338 e. The fourth-order valence-corrected chi connectivity index (χ4v) is 3.51. The molecule has 152 valence electrons. The zero-order valence-electron chi connectivity index (χ0n) is 17.8. The Labute approximate surface area is 174 Å². The van der Waals surface area contributed by atoms with E-state index in [0.29, 0.717) is 12.2 Å². The molecule has 0 radical (unpaired) electrons. The van der Waals surface area contributed by atoms with E-state index < -0.39 is 0 Å². The Bertz CT molecular complexity index is 960. The van der Waals surface area contributed by atoms with Gasteiger partial charge in [-0.15, -0.1) is 0 Å². The molecule has 0 N–H and O–H groups in total. The van der Waals surface area contributed by atoms with Crippen LogP contribution in [0.3, 0.4) is 0 Å². The molecule has 0 aliphatic heterocycles. The molecule has 3 aromatic rings. The van der Waals surface area contributed by atoms with E-state index in [-0.39, 0.29) is 5.97 Å². The Morgan fingerprint density at radius 3 is 2.31 bits per heavy atom. The highest BCUT2D eigenvalue weighted by Gasteiger charge is 2.15. The molecular weight excluding hydrogens is 358 g/mol. The first-order valence-corrected chi connectivity index (χ1v) is 10.7. The Morgan fingerprint density at radius 1 is 0.862 bits per heavy atom. The van der Waals surface area contributed by atoms with Crippen molar-refractivity contribution in [2.24, 2.45) is 0 Å². The molecule has 0 aliphatic rings. The van der Waals surface area contributed by atoms with Crippen LogP contribution in [0.2, 0.25) is 0 Å². The van der Waals surface area contributed by atoms with Gasteiger partial charge in [0.25, 0.3) is 0 Å². The van der Waals surface area contributed by atoms with Crippen molar-refractivity contribution in [1.82, 2.24) is 4.98 Å². The number of nitrogens with zero attached hydrogens (tertiary/aromatic N) is 1. The minimum atomic E-state index is -0.259. The number of ether oxygens (including phenoxy) is 1. The molecule has 0 amide bonds. The lowest BCUT2D eigenvalue weighted by molar-refractivity contribution is 0.0500. The Balaban J connectivity index is 1.80. The summed E-state index contributed by atoms with van der Waals surface area (Å²) in [5, 5.41) is 0.855. The number of carbonyl (C=O) groups is 1. The van der Waals surface area contributed by atoms with Gasteiger partial charge in [-0.2, -0.15) is 0 Å². The molecule has 1 aromatic heterocycles. The van der Waals surface area contributed by atoms with Crippen LogP contribution in [0.4, 0.5) is 0 Å². The number of aryl methyl sites for hydroxylation is 2. The second-order valence-corrected chi connectivity index (χ2v) is 7.85. The average Bonchev–Trinajstić information content (AvgIpc) is 2.72. The highest BCUT2D eigenvalue weighted by Crippen LogP contribution is 2.26. The molecule has 3 rings (SSSR count). The number of rotatable bonds is 9. The normalized spacial score (nSPS) is 11.0. The van der Waals surface area contributed by atoms with E-state index in [1.807, 2.05) is 43.3 Å². The molecule has 0 saturated heterocycles. The van der Waals surface area contributed by atoms with Crippen LogP contribution in [0, 0.1) is 13.8 Å². The van der Waals surface area contributed by atoms with Gasteiger partial charge in [-0.25, -0.2) is 9.78 Å². The Kier molecular flexibility index (Phi) is 7.40. The van der Waals surface area contributed by atoms with Crippen LogP contribution in [0.5, 0.6) is 0 Å². The Morgan fingerprint density at radius 2 is 1.55 bits per heavy atom. The first-order chi connectivity index (χ1) is 14.1. The van der Waals surface area contributed by atoms with Crippen molar-refractivity contribution in [1.29, 1.82) is 0 Å². The number of carbonyl (C=O) groups excluding carboxylic acids is 1. The zero-order valence-corrected chi connectivity index (χ0v) is 17.8. The summed E-state index contributed by atoms with van der Waals surface area (Å²) in [6.07, 6.45) is 7.02. The van der Waals surface area contributed by atoms with Crippen LogP contribution in [0.25, 0.3) is 22.2 Å². The van der Waals surface area contributed by atoms with E-state index in [1.54, 1.807) is 0 Å². The van der Waals surface area contributed by atoms with Crippen molar-refractivity contribution >= 4 is 16.9 Å². The van der Waals surface area contributed by atoms with Gasteiger partial charge < -0.3 is 4.74 Å². The summed E-state index contributed by atoms with van der Waals surface area (Å²) in [7, 11) is 0. The van der Waals surface area contributed by atoms with Crippen LogP contribution < -0.4 is 0 Å². The van der Waals surface area contributed by atoms with E-state index in [2.05, 4.69) is 26.0 Å². The minimum absolute atomic E-state index is 0.259. The first-order valence-electron chi connectivity index (χ1n) is 10.7. The molecule has 29 heavy (non-hydrogen) atoms. The summed E-state index contributed by atoms with van der Waals surface area (Å²) in [4.78, 5) is 17.7. The smallest absolute Gasteiger partial charge is 0.338 e. The number of esters is 1. The maximum absolute atomic E-state index is 12.9. The van der Waals surface area contributed by atoms with Gasteiger partial charge in [-0.05, 0) is 38.5 Å². The molecule has 0 unspecified atom stereocenters. The second-order valence-electron chi connectivity index (χ2n) is 7.85. The Hall–Kier alpha value is -2.68. The highest BCUT2D eigenvalue weighted by molar-refractivity contribution is 6.04. The topological polar surface area (TPSA) is 39.2 Å². The van der Waals surface area contributed by atoms with Gasteiger partial charge in [-0.1, -0.05) is 80.5 Å². The van der Waals surface area contributed by atoms with Crippen molar-refractivity contribution in [3.63, 3.8) is 0 Å². The second kappa shape index (κ2) is 10.2. The van der Waals surface area contributed by atoms with Crippen LogP contribution in [-0.2, 0) is 4.74 Å². The van der Waals surface area contributed by atoms with Crippen LogP contribution in [0.15, 0.2) is 48.5 Å². The third kappa shape index (κ3) is 5.66. The largest absolute Gasteiger partial charge is 0.462 e. The highest BCUT2D eigenvalue weighted by atomic mass is 16.5. The third-order valence-corrected chi connectivity index (χ3v) is 5.26. The monoisotopic (exact) mass is 389 g/mol. The van der Waals surface area contributed by atoms with E-state index in [9.17, 15) is 4.79 Å². The van der Waals surface area contributed by atoms with Crippen molar-refractivity contribution in [3.05, 3.63) is 65.2 Å². The van der Waals surface area contributed by atoms with Crippen molar-refractivity contribution < 1.29 is 9.53 Å². The quantitative estimate of drug-likeness (QED) is 0.291. The molecule has 3 nitrogen and oxygen atoms in total. The van der Waals surface area contributed by atoms with E-state index >= 15 is 0 Å². The van der Waals surface area contributed by atoms with E-state index in [0.717, 1.165) is 40.6 Å². The summed E-state index contributed by atoms with van der Waals surface area (Å²) < 4.78 is 5.63. The molecule has 0 saturated carbocycles. The number of hydrogen-bond acceptors (Lipinski definition) is 3. The lowest BCUT2D eigenvalue weighted by Crippen LogP contribution is -2.08. The fraction of sp³-hybridized carbons (Fsp3) is 0.385. The van der Waals surface area contributed by atoms with Crippen LogP contribution >= 0.6 is 0 Å². The summed E-state index contributed by atoms with van der Waals surface area (Å²) in [6, 6.07) is 16.1. The van der Waals surface area contributed by atoms with Gasteiger partial charge >= 0.3 is 5.97 Å². The summed E-state index contributed by atoms with van der Waals surface area (Å²) in [5.74, 6) is -0.259. The van der Waals surface area contributed by atoms with Crippen molar-refractivity contribution in [3.8, 4) is 11.3 Å². The van der Waals surface area contributed by atoms with Gasteiger partial charge in [0.05, 0.1) is 23.4 Å². The number of benzene rings is 2. The van der Waals surface area contributed by atoms with Crippen molar-refractivity contribution in [2.45, 2.75) is 59.3 Å². The third-order valence-electron chi connectivity index (χ3n) is 5.26. The lowest BCUT2D eigenvalue weighted by atomic mass is 10.0. The molecule has 1 heterocycles. The molecule has 0 aliphatic carbocycles. The van der Waals surface area contributed by atoms with E-state index in [1.165, 1.54) is 31.2 Å². The summed E-state index contributed by atoms with van der Waals surface area (Å²) in [6.45, 7) is 6.78. The predicted octanol–water partition coefficient (Wildman–Crippen LogP) is 7.04. The number of unbranched alkanes of at least 4 members (excludes halogenated alkanes) is 5. The SMILES string of the molecule is CCCCCCCCOC(=O)c1cc(-c2ccc(C)cc2)nc2ccc(C)cc12. The van der Waals surface area contributed by atoms with E-state index in [4.69, 9.17) is 9.72 Å². The van der Waals surface area contributed by atoms with Gasteiger partial charge in [0.2, 0.25) is 0 Å². The minimum Gasteiger partial charge on any atom is -0.462 e. The average molecular weight is 390 g/mol. The number of aromatic nitrogens is 1. The standard InChI is InChI=1S/C26H31NO2/c1-4-5-6-7-8-9-16-29-26(28)23-18-25(21-13-10-19(2)11-14-21)27-24-15-12-20(3)17-22(23)24/h10-15,17-18H,4-9,16H2,1-3H3. The molecule has 0 bridgehead atoms. The van der Waals surface area contributed by atoms with Gasteiger partial charge in [0.15, 0.2) is 0 Å². The van der Waals surface area contributed by atoms with Crippen LogP contribution in [0.1, 0.15) is 66.9 Å². The molecule has 0 atom stereocenters. The number of fused-ring (bicyclic) bond motifs is 1. The van der Waals surface area contributed by atoms with Gasteiger partial charge in [0, 0.05) is 10.9 Å². The molecule has 2 aromatic carbocycles. The molecule has 0 spiro atoms. The van der Waals surface area contributed by atoms with Gasteiger partial charge in [0.1, 0.15) is 0 Å². The molecule has 3 heteroatoms. The first kappa shape index (κ1) is 21.0. The van der Waals surface area contributed by atoms with Crippen LogP contribution in [-0.4, -0.2) is 17.6 Å². The lowest BCUT2D eigenvalue weighted by Gasteiger charge is -2.11. The summed E-state index contributed by atoms with van der Waals surface area (Å²) in [5.41, 5.74) is 5.52. The zero-order chi connectivity index (χ0) is 20.6.